The quantitative estimate of drug-likeness (QED) is 0.789. The molecule has 0 aromatic carbocycles. The number of aryl methyl sites for hydroxylation is 1. The van der Waals surface area contributed by atoms with Crippen LogP contribution in [0.3, 0.4) is 0 Å². The van der Waals surface area contributed by atoms with Gasteiger partial charge in [-0.1, -0.05) is 6.92 Å². The lowest BCUT2D eigenvalue weighted by atomic mass is 10.2. The standard InChI is InChI=1S/C11H16N2O2/c1-2-10-9(4-6-15-10)11(14)13-5-3-8(12)7-13/h4,6,8H,2-3,5,7,12H2,1H3/t8-/m0/s1. The maximum Gasteiger partial charge on any atom is 0.257 e. The first-order valence-electron chi connectivity index (χ1n) is 5.33. The van der Waals surface area contributed by atoms with Crippen molar-refractivity contribution in [3.05, 3.63) is 23.7 Å². The smallest absolute Gasteiger partial charge is 0.257 e. The van der Waals surface area contributed by atoms with Gasteiger partial charge in [0.1, 0.15) is 5.76 Å². The van der Waals surface area contributed by atoms with Crippen molar-refractivity contribution in [2.75, 3.05) is 13.1 Å². The first-order chi connectivity index (χ1) is 7.22. The third kappa shape index (κ3) is 1.90. The topological polar surface area (TPSA) is 59.5 Å². The van der Waals surface area contributed by atoms with Gasteiger partial charge >= 0.3 is 0 Å². The van der Waals surface area contributed by atoms with Crippen LogP contribution < -0.4 is 5.73 Å². The molecule has 0 radical (unpaired) electrons. The molecule has 4 nitrogen and oxygen atoms in total. The number of amides is 1. The first-order valence-corrected chi connectivity index (χ1v) is 5.33. The number of carbonyl (C=O) groups is 1. The Hall–Kier alpha value is -1.29. The van der Waals surface area contributed by atoms with Gasteiger partial charge in [-0.25, -0.2) is 0 Å². The molecular formula is C11H16N2O2. The van der Waals surface area contributed by atoms with Gasteiger partial charge in [-0.2, -0.15) is 0 Å². The summed E-state index contributed by atoms with van der Waals surface area (Å²) in [5, 5.41) is 0. The molecule has 1 aliphatic rings. The molecule has 2 N–H and O–H groups in total. The summed E-state index contributed by atoms with van der Waals surface area (Å²) in [4.78, 5) is 13.8. The molecule has 0 aliphatic carbocycles. The second-order valence-corrected chi connectivity index (χ2v) is 3.91. The monoisotopic (exact) mass is 208 g/mol. The van der Waals surface area contributed by atoms with Crippen molar-refractivity contribution in [1.29, 1.82) is 0 Å². The van der Waals surface area contributed by atoms with Gasteiger partial charge in [-0.15, -0.1) is 0 Å². The van der Waals surface area contributed by atoms with Crippen molar-refractivity contribution in [3.63, 3.8) is 0 Å². The molecule has 1 atom stereocenters. The van der Waals surface area contributed by atoms with Gasteiger partial charge in [0.2, 0.25) is 0 Å². The number of nitrogens with two attached hydrogens (primary N) is 1. The van der Waals surface area contributed by atoms with Crippen LogP contribution in [0.1, 0.15) is 29.5 Å². The van der Waals surface area contributed by atoms with Gasteiger partial charge in [0.15, 0.2) is 0 Å². The van der Waals surface area contributed by atoms with Crippen LogP contribution in [0.2, 0.25) is 0 Å². The first kappa shape index (κ1) is 10.2. The number of rotatable bonds is 2. The van der Waals surface area contributed by atoms with E-state index < -0.39 is 0 Å². The maximum absolute atomic E-state index is 12.0. The van der Waals surface area contributed by atoms with E-state index >= 15 is 0 Å². The minimum atomic E-state index is 0.0496. The number of nitrogens with zero attached hydrogens (tertiary/aromatic N) is 1. The molecule has 2 heterocycles. The lowest BCUT2D eigenvalue weighted by Crippen LogP contribution is -2.32. The van der Waals surface area contributed by atoms with Crippen LogP contribution in [0.4, 0.5) is 0 Å². The number of hydrogen-bond acceptors (Lipinski definition) is 3. The average molecular weight is 208 g/mol. The fourth-order valence-corrected chi connectivity index (χ4v) is 1.95. The molecule has 2 rings (SSSR count). The summed E-state index contributed by atoms with van der Waals surface area (Å²) in [6.07, 6.45) is 3.21. The van der Waals surface area contributed by atoms with E-state index in [4.69, 9.17) is 10.2 Å². The van der Waals surface area contributed by atoms with Crippen molar-refractivity contribution in [1.82, 2.24) is 4.90 Å². The van der Waals surface area contributed by atoms with Crippen LogP contribution in [-0.2, 0) is 6.42 Å². The predicted octanol–water partition coefficient (Wildman–Crippen LogP) is 1.02. The van der Waals surface area contributed by atoms with E-state index in [2.05, 4.69) is 0 Å². The molecule has 1 aromatic rings. The second kappa shape index (κ2) is 4.06. The Morgan fingerprint density at radius 2 is 2.53 bits per heavy atom. The van der Waals surface area contributed by atoms with Crippen molar-refractivity contribution >= 4 is 5.91 Å². The highest BCUT2D eigenvalue weighted by Crippen LogP contribution is 2.17. The molecule has 0 unspecified atom stereocenters. The fourth-order valence-electron chi connectivity index (χ4n) is 1.95. The molecule has 0 saturated carbocycles. The number of hydrogen-bond donors (Lipinski definition) is 1. The van der Waals surface area contributed by atoms with Gasteiger partial charge in [0.25, 0.3) is 5.91 Å². The van der Waals surface area contributed by atoms with E-state index in [-0.39, 0.29) is 11.9 Å². The summed E-state index contributed by atoms with van der Waals surface area (Å²) in [5.41, 5.74) is 6.46. The normalized spacial score (nSPS) is 20.9. The van der Waals surface area contributed by atoms with Crippen LogP contribution in [0, 0.1) is 0 Å². The Bertz CT molecular complexity index is 359. The fraction of sp³-hybridized carbons (Fsp3) is 0.545. The summed E-state index contributed by atoms with van der Waals surface area (Å²) in [6, 6.07) is 1.87. The zero-order chi connectivity index (χ0) is 10.8. The van der Waals surface area contributed by atoms with Crippen LogP contribution >= 0.6 is 0 Å². The third-order valence-electron chi connectivity index (χ3n) is 2.81. The molecule has 1 aromatic heterocycles. The lowest BCUT2D eigenvalue weighted by molar-refractivity contribution is 0.0788. The van der Waals surface area contributed by atoms with Gasteiger partial charge in [0.05, 0.1) is 11.8 Å². The Morgan fingerprint density at radius 3 is 3.13 bits per heavy atom. The third-order valence-corrected chi connectivity index (χ3v) is 2.81. The number of carbonyl (C=O) groups excluding carboxylic acids is 1. The van der Waals surface area contributed by atoms with Crippen molar-refractivity contribution in [2.45, 2.75) is 25.8 Å². The van der Waals surface area contributed by atoms with Crippen molar-refractivity contribution in [3.8, 4) is 0 Å². The van der Waals surface area contributed by atoms with Gasteiger partial charge in [0, 0.05) is 25.6 Å². The maximum atomic E-state index is 12.0. The van der Waals surface area contributed by atoms with E-state index in [1.54, 1.807) is 17.2 Å². The summed E-state index contributed by atoms with van der Waals surface area (Å²) in [7, 11) is 0. The highest BCUT2D eigenvalue weighted by molar-refractivity contribution is 5.95. The number of furan rings is 1. The Morgan fingerprint density at radius 1 is 1.73 bits per heavy atom. The molecule has 0 bridgehead atoms. The lowest BCUT2D eigenvalue weighted by Gasteiger charge is -2.15. The van der Waals surface area contributed by atoms with Crippen LogP contribution in [0.25, 0.3) is 0 Å². The molecule has 15 heavy (non-hydrogen) atoms. The Balaban J connectivity index is 2.14. The van der Waals surface area contributed by atoms with Gasteiger partial charge in [-0.05, 0) is 12.5 Å². The van der Waals surface area contributed by atoms with Crippen LogP contribution in [-0.4, -0.2) is 29.9 Å². The minimum Gasteiger partial charge on any atom is -0.469 e. The summed E-state index contributed by atoms with van der Waals surface area (Å²) >= 11 is 0. The van der Waals surface area contributed by atoms with Crippen molar-refractivity contribution < 1.29 is 9.21 Å². The summed E-state index contributed by atoms with van der Waals surface area (Å²) in [6.45, 7) is 3.40. The predicted molar refractivity (Wildman–Crippen MR) is 56.6 cm³/mol. The molecule has 1 amide bonds. The second-order valence-electron chi connectivity index (χ2n) is 3.91. The molecular weight excluding hydrogens is 192 g/mol. The molecule has 82 valence electrons. The highest BCUT2D eigenvalue weighted by atomic mass is 16.3. The zero-order valence-electron chi connectivity index (χ0n) is 8.90. The molecule has 0 spiro atoms. The Labute approximate surface area is 89.0 Å². The minimum absolute atomic E-state index is 0.0496. The Kier molecular flexibility index (Phi) is 2.77. The van der Waals surface area contributed by atoms with E-state index in [0.717, 1.165) is 25.1 Å². The zero-order valence-corrected chi connectivity index (χ0v) is 8.90. The summed E-state index contributed by atoms with van der Waals surface area (Å²) in [5.74, 6) is 0.814. The molecule has 1 saturated heterocycles. The average Bonchev–Trinajstić information content (AvgIpc) is 2.84. The van der Waals surface area contributed by atoms with Gasteiger partial charge < -0.3 is 15.1 Å². The number of likely N-dealkylation sites (tertiary alicyclic amines) is 1. The molecule has 1 fully saturated rings. The van der Waals surface area contributed by atoms with Crippen LogP contribution in [0.5, 0.6) is 0 Å². The van der Waals surface area contributed by atoms with Crippen molar-refractivity contribution in [2.24, 2.45) is 5.73 Å². The van der Waals surface area contributed by atoms with E-state index in [9.17, 15) is 4.79 Å². The van der Waals surface area contributed by atoms with E-state index in [1.165, 1.54) is 0 Å². The van der Waals surface area contributed by atoms with E-state index in [1.807, 2.05) is 6.92 Å². The SMILES string of the molecule is CCc1occc1C(=O)N1CC[C@H](N)C1. The molecule has 4 heteroatoms. The van der Waals surface area contributed by atoms with Gasteiger partial charge in [-0.3, -0.25) is 4.79 Å². The largest absolute Gasteiger partial charge is 0.469 e. The summed E-state index contributed by atoms with van der Waals surface area (Å²) < 4.78 is 5.24. The highest BCUT2D eigenvalue weighted by Gasteiger charge is 2.26. The van der Waals surface area contributed by atoms with Crippen LogP contribution in [0.15, 0.2) is 16.7 Å². The van der Waals surface area contributed by atoms with E-state index in [0.29, 0.717) is 12.1 Å². The molecule has 1 aliphatic heterocycles.